The average molecular weight is 405 g/mol. The molecule has 2 aromatic heterocycles. The molecule has 1 aliphatic rings. The van der Waals surface area contributed by atoms with E-state index in [9.17, 15) is 4.79 Å². The minimum Gasteiger partial charge on any atom is -0.496 e. The van der Waals surface area contributed by atoms with Crippen molar-refractivity contribution in [3.63, 3.8) is 0 Å². The van der Waals surface area contributed by atoms with Crippen LogP contribution in [0.4, 0.5) is 0 Å². The van der Waals surface area contributed by atoms with Crippen molar-refractivity contribution in [2.24, 2.45) is 0 Å². The van der Waals surface area contributed by atoms with Gasteiger partial charge in [-0.3, -0.25) is 4.79 Å². The lowest BCUT2D eigenvalue weighted by Gasteiger charge is -2.23. The molecular weight excluding hydrogens is 380 g/mol. The summed E-state index contributed by atoms with van der Waals surface area (Å²) in [5, 5.41) is 7.53. The van der Waals surface area contributed by atoms with Crippen LogP contribution in [-0.2, 0) is 0 Å². The molecule has 1 saturated heterocycles. The van der Waals surface area contributed by atoms with Crippen LogP contribution in [0.25, 0.3) is 32.1 Å². The highest BCUT2D eigenvalue weighted by Crippen LogP contribution is 2.42. The van der Waals surface area contributed by atoms with E-state index in [1.807, 2.05) is 24.4 Å². The number of hydrogen-bond donors (Lipinski definition) is 2. The van der Waals surface area contributed by atoms with E-state index >= 15 is 0 Å². The molecule has 0 spiro atoms. The van der Waals surface area contributed by atoms with Gasteiger partial charge in [-0.25, -0.2) is 0 Å². The van der Waals surface area contributed by atoms with Gasteiger partial charge in [0.15, 0.2) is 0 Å². The summed E-state index contributed by atoms with van der Waals surface area (Å²) in [4.78, 5) is 15.6. The fraction of sp³-hybridized carbons (Fsp3) is 0.292. The summed E-state index contributed by atoms with van der Waals surface area (Å²) in [6, 6.07) is 12.9. The third-order valence-electron chi connectivity index (χ3n) is 6.06. The number of aromatic amines is 1. The molecule has 5 heteroatoms. The van der Waals surface area contributed by atoms with Gasteiger partial charge in [0, 0.05) is 22.9 Å². The molecule has 4 aromatic rings. The van der Waals surface area contributed by atoms with Gasteiger partial charge in [-0.05, 0) is 66.4 Å². The average Bonchev–Trinajstić information content (AvgIpc) is 3.26. The molecule has 0 radical (unpaired) electrons. The van der Waals surface area contributed by atoms with Crippen molar-refractivity contribution in [2.75, 3.05) is 20.2 Å². The Labute approximate surface area is 173 Å². The van der Waals surface area contributed by atoms with E-state index in [0.717, 1.165) is 56.5 Å². The first-order chi connectivity index (χ1) is 14.2. The molecule has 2 N–H and O–H groups in total. The zero-order valence-corrected chi connectivity index (χ0v) is 17.5. The van der Waals surface area contributed by atoms with Gasteiger partial charge in [-0.2, -0.15) is 0 Å². The number of H-pyrrole nitrogens is 1. The van der Waals surface area contributed by atoms with Crippen LogP contribution in [0.15, 0.2) is 46.6 Å². The first-order valence-corrected chi connectivity index (χ1v) is 11.0. The number of aromatic nitrogens is 1. The number of ether oxygens (including phenoxy) is 1. The Morgan fingerprint density at radius 1 is 1.17 bits per heavy atom. The molecule has 4 nitrogen and oxygen atoms in total. The normalized spacial score (nSPS) is 17.1. The number of rotatable bonds is 3. The highest BCUT2D eigenvalue weighted by Gasteiger charge is 2.19. The summed E-state index contributed by atoms with van der Waals surface area (Å²) < 4.78 is 6.55. The minimum absolute atomic E-state index is 0.0261. The number of nitrogens with one attached hydrogen (secondary N) is 2. The number of piperidine rings is 1. The molecule has 1 fully saturated rings. The number of benzene rings is 2. The fourth-order valence-corrected chi connectivity index (χ4v) is 5.37. The second-order valence-corrected chi connectivity index (χ2v) is 8.72. The third-order valence-corrected chi connectivity index (χ3v) is 6.97. The fourth-order valence-electron chi connectivity index (χ4n) is 4.57. The number of thiophene rings is 1. The van der Waals surface area contributed by atoms with E-state index in [-0.39, 0.29) is 5.56 Å². The molecule has 1 aliphatic heterocycles. The van der Waals surface area contributed by atoms with Gasteiger partial charge < -0.3 is 15.0 Å². The molecule has 1 atom stereocenters. The van der Waals surface area contributed by atoms with Crippen molar-refractivity contribution >= 4 is 32.3 Å². The van der Waals surface area contributed by atoms with E-state index in [4.69, 9.17) is 4.74 Å². The van der Waals surface area contributed by atoms with E-state index in [1.54, 1.807) is 7.11 Å². The Morgan fingerprint density at radius 3 is 2.72 bits per heavy atom. The Balaban J connectivity index is 1.74. The van der Waals surface area contributed by atoms with Crippen molar-refractivity contribution in [1.82, 2.24) is 10.3 Å². The maximum atomic E-state index is 12.5. The van der Waals surface area contributed by atoms with Crippen LogP contribution in [0.1, 0.15) is 29.9 Å². The minimum atomic E-state index is -0.0261. The van der Waals surface area contributed by atoms with Gasteiger partial charge in [-0.15, -0.1) is 11.3 Å². The molecule has 1 unspecified atom stereocenters. The Bertz CT molecular complexity index is 1250. The van der Waals surface area contributed by atoms with Crippen LogP contribution in [-0.4, -0.2) is 25.2 Å². The van der Waals surface area contributed by atoms with Crippen LogP contribution >= 0.6 is 11.3 Å². The summed E-state index contributed by atoms with van der Waals surface area (Å²) in [6.07, 6.45) is 2.46. The van der Waals surface area contributed by atoms with Crippen LogP contribution in [0.5, 0.6) is 5.75 Å². The maximum absolute atomic E-state index is 12.5. The zero-order valence-electron chi connectivity index (χ0n) is 16.7. The number of hydrogen-bond acceptors (Lipinski definition) is 4. The second kappa shape index (κ2) is 7.32. The van der Waals surface area contributed by atoms with Gasteiger partial charge in [0.2, 0.25) is 0 Å². The molecule has 2 aromatic carbocycles. The first-order valence-electron chi connectivity index (χ1n) is 10.1. The molecule has 0 saturated carbocycles. The largest absolute Gasteiger partial charge is 0.496 e. The number of pyridine rings is 1. The molecule has 0 amide bonds. The highest BCUT2D eigenvalue weighted by molar-refractivity contribution is 7.17. The van der Waals surface area contributed by atoms with Gasteiger partial charge in [0.1, 0.15) is 10.4 Å². The van der Waals surface area contributed by atoms with E-state index in [2.05, 4.69) is 34.6 Å². The van der Waals surface area contributed by atoms with Crippen molar-refractivity contribution in [2.45, 2.75) is 25.7 Å². The SMILES string of the molecule is COc1cc(C)c2[nH]c(=O)c3sccc3c2c1-c1ccc(C2CCCNC2)cc1. The standard InChI is InChI=1S/C24H24N2O2S/c1-14-12-19(28-2)20(21-18-9-11-29-23(18)24(27)26-22(14)21)16-7-5-15(6-8-16)17-4-3-10-25-13-17/h5-9,11-12,17,25H,3-4,10,13H2,1-2H3,(H,26,27). The van der Waals surface area contributed by atoms with Gasteiger partial charge in [0.25, 0.3) is 5.56 Å². The molecule has 148 valence electrons. The zero-order chi connectivity index (χ0) is 20.0. The Hall–Kier alpha value is -2.63. The van der Waals surface area contributed by atoms with Gasteiger partial charge >= 0.3 is 0 Å². The molecule has 29 heavy (non-hydrogen) atoms. The topological polar surface area (TPSA) is 54.1 Å². The van der Waals surface area contributed by atoms with Crippen molar-refractivity contribution in [1.29, 1.82) is 0 Å². The summed E-state index contributed by atoms with van der Waals surface area (Å²) in [7, 11) is 1.71. The Kier molecular flexibility index (Phi) is 4.64. The quantitative estimate of drug-likeness (QED) is 0.494. The van der Waals surface area contributed by atoms with E-state index in [0.29, 0.717) is 5.92 Å². The second-order valence-electron chi connectivity index (χ2n) is 7.80. The van der Waals surface area contributed by atoms with Crippen molar-refractivity contribution in [3.05, 3.63) is 63.3 Å². The number of aryl methyl sites for hydroxylation is 1. The Morgan fingerprint density at radius 2 is 2.00 bits per heavy atom. The third kappa shape index (κ3) is 3.05. The predicted octanol–water partition coefficient (Wildman–Crippen LogP) is 5.19. The van der Waals surface area contributed by atoms with Crippen LogP contribution in [0.3, 0.4) is 0 Å². The lowest BCUT2D eigenvalue weighted by molar-refractivity contribution is 0.416. The van der Waals surface area contributed by atoms with Gasteiger partial charge in [0.05, 0.1) is 12.6 Å². The predicted molar refractivity (Wildman–Crippen MR) is 122 cm³/mol. The monoisotopic (exact) mass is 404 g/mol. The first kappa shape index (κ1) is 18.4. The van der Waals surface area contributed by atoms with Gasteiger partial charge in [-0.1, -0.05) is 24.3 Å². The van der Waals surface area contributed by atoms with Crippen molar-refractivity contribution < 1.29 is 4.74 Å². The molecule has 0 aliphatic carbocycles. The molecule has 3 heterocycles. The smallest absolute Gasteiger partial charge is 0.266 e. The number of methoxy groups -OCH3 is 1. The maximum Gasteiger partial charge on any atom is 0.266 e. The van der Waals surface area contributed by atoms with E-state index in [1.165, 1.54) is 29.7 Å². The van der Waals surface area contributed by atoms with E-state index < -0.39 is 0 Å². The number of fused-ring (bicyclic) bond motifs is 3. The molecule has 5 rings (SSSR count). The van der Waals surface area contributed by atoms with Crippen LogP contribution in [0, 0.1) is 6.92 Å². The van der Waals surface area contributed by atoms with Crippen molar-refractivity contribution in [3.8, 4) is 16.9 Å². The van der Waals surface area contributed by atoms with Crippen LogP contribution < -0.4 is 15.6 Å². The summed E-state index contributed by atoms with van der Waals surface area (Å²) in [6.45, 7) is 4.19. The lowest BCUT2D eigenvalue weighted by Crippen LogP contribution is -2.28. The van der Waals surface area contributed by atoms with Crippen LogP contribution in [0.2, 0.25) is 0 Å². The molecular formula is C24H24N2O2S. The molecule has 0 bridgehead atoms. The summed E-state index contributed by atoms with van der Waals surface area (Å²) >= 11 is 1.48. The summed E-state index contributed by atoms with van der Waals surface area (Å²) in [5.41, 5.74) is 5.40. The highest BCUT2D eigenvalue weighted by atomic mass is 32.1. The lowest BCUT2D eigenvalue weighted by atomic mass is 9.89. The summed E-state index contributed by atoms with van der Waals surface area (Å²) in [5.74, 6) is 1.41.